The van der Waals surface area contributed by atoms with E-state index in [9.17, 15) is 9.59 Å². The molecule has 2 atom stereocenters. The van der Waals surface area contributed by atoms with E-state index in [1.807, 2.05) is 23.1 Å². The number of nitrogens with two attached hydrogens (primary N) is 1. The Morgan fingerprint density at radius 3 is 2.71 bits per heavy atom. The maximum Gasteiger partial charge on any atom is 0.224 e. The molecule has 24 heavy (non-hydrogen) atoms. The zero-order valence-corrected chi connectivity index (χ0v) is 14.0. The Morgan fingerprint density at radius 1 is 1.25 bits per heavy atom. The lowest BCUT2D eigenvalue weighted by atomic mass is 9.96. The number of hydrogen-bond acceptors (Lipinski definition) is 3. The van der Waals surface area contributed by atoms with Crippen LogP contribution in [0.15, 0.2) is 18.2 Å². The highest BCUT2D eigenvalue weighted by molar-refractivity contribution is 5.87. The average Bonchev–Trinajstić information content (AvgIpc) is 3.26. The average molecular weight is 327 g/mol. The van der Waals surface area contributed by atoms with Crippen molar-refractivity contribution in [2.45, 2.75) is 44.6 Å². The number of carbonyl (C=O) groups excluding carboxylic acids is 2. The number of amides is 2. The first-order chi connectivity index (χ1) is 11.6. The fourth-order valence-electron chi connectivity index (χ4n) is 3.92. The Kier molecular flexibility index (Phi) is 3.94. The third-order valence-electron chi connectivity index (χ3n) is 5.69. The molecule has 3 N–H and O–H groups in total. The van der Waals surface area contributed by atoms with Crippen molar-refractivity contribution in [1.82, 2.24) is 10.2 Å². The minimum absolute atomic E-state index is 0.0565. The Bertz CT molecular complexity index is 665. The zero-order valence-electron chi connectivity index (χ0n) is 14.0. The van der Waals surface area contributed by atoms with Crippen molar-refractivity contribution in [3.8, 4) is 0 Å². The minimum Gasteiger partial charge on any atom is -0.399 e. The molecular weight excluding hydrogens is 302 g/mol. The van der Waals surface area contributed by atoms with Crippen molar-refractivity contribution in [2.75, 3.05) is 18.8 Å². The van der Waals surface area contributed by atoms with E-state index in [0.717, 1.165) is 50.9 Å². The van der Waals surface area contributed by atoms with Gasteiger partial charge in [-0.2, -0.15) is 0 Å². The maximum absolute atomic E-state index is 12.8. The van der Waals surface area contributed by atoms with Crippen LogP contribution >= 0.6 is 0 Å². The van der Waals surface area contributed by atoms with Crippen LogP contribution in [-0.4, -0.2) is 29.8 Å². The second kappa shape index (κ2) is 6.11. The molecule has 128 valence electrons. The van der Waals surface area contributed by atoms with Crippen molar-refractivity contribution in [2.24, 2.45) is 11.8 Å². The number of likely N-dealkylation sites (tertiary alicyclic amines) is 1. The van der Waals surface area contributed by atoms with Crippen molar-refractivity contribution >= 4 is 17.5 Å². The third-order valence-corrected chi connectivity index (χ3v) is 5.69. The molecule has 1 heterocycles. The molecule has 0 radical (unpaired) electrons. The first-order valence-corrected chi connectivity index (χ1v) is 9.08. The maximum atomic E-state index is 12.8. The van der Waals surface area contributed by atoms with Gasteiger partial charge in [-0.15, -0.1) is 0 Å². The Labute approximate surface area is 142 Å². The summed E-state index contributed by atoms with van der Waals surface area (Å²) >= 11 is 0. The van der Waals surface area contributed by atoms with Crippen molar-refractivity contribution in [1.29, 1.82) is 0 Å². The monoisotopic (exact) mass is 327 g/mol. The van der Waals surface area contributed by atoms with Gasteiger partial charge in [0, 0.05) is 31.1 Å². The molecule has 1 aromatic carbocycles. The number of aryl methyl sites for hydroxylation is 1. The van der Waals surface area contributed by atoms with Gasteiger partial charge >= 0.3 is 0 Å². The molecular formula is C19H25N3O2. The van der Waals surface area contributed by atoms with Gasteiger partial charge in [-0.1, -0.05) is 6.07 Å². The molecule has 1 aliphatic heterocycles. The predicted octanol–water partition coefficient (Wildman–Crippen LogP) is 2.02. The molecule has 5 heteroatoms. The van der Waals surface area contributed by atoms with Gasteiger partial charge in [0.25, 0.3) is 0 Å². The van der Waals surface area contributed by atoms with Crippen LogP contribution in [0.1, 0.15) is 49.3 Å². The first kappa shape index (κ1) is 15.5. The molecule has 0 unspecified atom stereocenters. The highest BCUT2D eigenvalue weighted by Gasteiger charge is 2.40. The van der Waals surface area contributed by atoms with E-state index in [-0.39, 0.29) is 23.8 Å². The van der Waals surface area contributed by atoms with Gasteiger partial charge in [0.2, 0.25) is 11.8 Å². The van der Waals surface area contributed by atoms with Gasteiger partial charge in [-0.3, -0.25) is 9.59 Å². The van der Waals surface area contributed by atoms with Crippen LogP contribution in [0, 0.1) is 11.8 Å². The summed E-state index contributed by atoms with van der Waals surface area (Å²) in [6, 6.07) is 6.00. The van der Waals surface area contributed by atoms with Crippen LogP contribution in [0.4, 0.5) is 5.69 Å². The molecule has 2 aliphatic carbocycles. The number of hydrogen-bond donors (Lipinski definition) is 2. The molecule has 0 aromatic heterocycles. The van der Waals surface area contributed by atoms with Crippen LogP contribution in [0.3, 0.4) is 0 Å². The topological polar surface area (TPSA) is 75.4 Å². The van der Waals surface area contributed by atoms with Gasteiger partial charge in [0.1, 0.15) is 0 Å². The molecule has 1 saturated heterocycles. The van der Waals surface area contributed by atoms with Gasteiger partial charge < -0.3 is 16.0 Å². The number of benzene rings is 1. The predicted molar refractivity (Wildman–Crippen MR) is 92.1 cm³/mol. The van der Waals surface area contributed by atoms with E-state index >= 15 is 0 Å². The summed E-state index contributed by atoms with van der Waals surface area (Å²) in [4.78, 5) is 27.0. The molecule has 1 aromatic rings. The van der Waals surface area contributed by atoms with Gasteiger partial charge in [-0.25, -0.2) is 0 Å². The second-order valence-electron chi connectivity index (χ2n) is 7.44. The molecule has 0 spiro atoms. The van der Waals surface area contributed by atoms with Crippen LogP contribution < -0.4 is 11.1 Å². The number of nitrogen functional groups attached to an aromatic ring is 1. The Balaban J connectivity index is 1.42. The summed E-state index contributed by atoms with van der Waals surface area (Å²) in [5.74, 6) is 0.437. The summed E-state index contributed by atoms with van der Waals surface area (Å²) in [5.41, 5.74) is 9.04. The molecule has 4 rings (SSSR count). The van der Waals surface area contributed by atoms with Crippen molar-refractivity contribution in [3.05, 3.63) is 29.3 Å². The Morgan fingerprint density at radius 2 is 2.04 bits per heavy atom. The first-order valence-electron chi connectivity index (χ1n) is 9.08. The molecule has 3 aliphatic rings. The summed E-state index contributed by atoms with van der Waals surface area (Å²) in [7, 11) is 0. The standard InChI is InChI=1S/C19H25N3O2/c20-14-5-6-15-13(10-14)4-7-17(15)21-19(24)16(12-2-3-12)11-18(23)22-8-1-9-22/h5-6,10,12,16-17H,1-4,7-9,11,20H2,(H,21,24)/t16-,17-/m1/s1. The fraction of sp³-hybridized carbons (Fsp3) is 0.579. The van der Waals surface area contributed by atoms with Gasteiger partial charge in [0.15, 0.2) is 0 Å². The lowest BCUT2D eigenvalue weighted by molar-refractivity contribution is -0.139. The molecule has 0 bridgehead atoms. The van der Waals surface area contributed by atoms with E-state index in [4.69, 9.17) is 5.73 Å². The minimum atomic E-state index is -0.157. The van der Waals surface area contributed by atoms with Gasteiger partial charge in [-0.05, 0) is 61.3 Å². The quantitative estimate of drug-likeness (QED) is 0.813. The summed E-state index contributed by atoms with van der Waals surface area (Å²) in [5, 5.41) is 3.21. The number of nitrogens with one attached hydrogen (secondary N) is 1. The smallest absolute Gasteiger partial charge is 0.224 e. The number of fused-ring (bicyclic) bond motifs is 1. The highest BCUT2D eigenvalue weighted by atomic mass is 16.2. The number of carbonyl (C=O) groups is 2. The normalized spacial score (nSPS) is 23.3. The molecule has 1 saturated carbocycles. The zero-order chi connectivity index (χ0) is 16.7. The van der Waals surface area contributed by atoms with Crippen LogP contribution in [0.25, 0.3) is 0 Å². The van der Waals surface area contributed by atoms with Crippen LogP contribution in [0.5, 0.6) is 0 Å². The summed E-state index contributed by atoms with van der Waals surface area (Å²) in [6.07, 6.45) is 5.48. The lowest BCUT2D eigenvalue weighted by Crippen LogP contribution is -2.44. The number of anilines is 1. The number of rotatable bonds is 5. The molecule has 2 amide bonds. The Hall–Kier alpha value is -2.04. The largest absolute Gasteiger partial charge is 0.399 e. The highest BCUT2D eigenvalue weighted by Crippen LogP contribution is 2.40. The molecule has 5 nitrogen and oxygen atoms in total. The van der Waals surface area contributed by atoms with Gasteiger partial charge in [0.05, 0.1) is 6.04 Å². The van der Waals surface area contributed by atoms with E-state index in [1.165, 1.54) is 11.1 Å². The molecule has 2 fully saturated rings. The second-order valence-corrected chi connectivity index (χ2v) is 7.44. The lowest BCUT2D eigenvalue weighted by Gasteiger charge is -2.32. The number of nitrogens with zero attached hydrogens (tertiary/aromatic N) is 1. The summed E-state index contributed by atoms with van der Waals surface area (Å²) in [6.45, 7) is 1.71. The summed E-state index contributed by atoms with van der Waals surface area (Å²) < 4.78 is 0. The van der Waals surface area contributed by atoms with Crippen LogP contribution in [-0.2, 0) is 16.0 Å². The van der Waals surface area contributed by atoms with E-state index in [0.29, 0.717) is 12.3 Å². The fourth-order valence-corrected chi connectivity index (χ4v) is 3.92. The van der Waals surface area contributed by atoms with E-state index < -0.39 is 0 Å². The van der Waals surface area contributed by atoms with E-state index in [1.54, 1.807) is 0 Å². The van der Waals surface area contributed by atoms with Crippen LogP contribution in [0.2, 0.25) is 0 Å². The van der Waals surface area contributed by atoms with Crippen molar-refractivity contribution < 1.29 is 9.59 Å². The third kappa shape index (κ3) is 2.99. The SMILES string of the molecule is Nc1ccc2c(c1)CC[C@H]2NC(=O)[C@H](CC(=O)N1CCC1)C1CC1. The van der Waals surface area contributed by atoms with Crippen molar-refractivity contribution in [3.63, 3.8) is 0 Å². The van der Waals surface area contributed by atoms with E-state index in [2.05, 4.69) is 5.32 Å².